The molecule has 0 saturated carbocycles. The number of fused-ring (bicyclic) bond motifs is 1. The second-order valence-electron chi connectivity index (χ2n) is 6.32. The van der Waals surface area contributed by atoms with Gasteiger partial charge in [-0.3, -0.25) is 4.99 Å². The number of aromatic amines is 1. The first-order chi connectivity index (χ1) is 13.3. The number of benzene rings is 1. The topological polar surface area (TPSA) is 78.0 Å². The molecule has 0 aliphatic rings. The van der Waals surface area contributed by atoms with Crippen LogP contribution in [0.1, 0.15) is 36.0 Å². The molecule has 0 spiro atoms. The van der Waals surface area contributed by atoms with Crippen molar-refractivity contribution in [2.45, 2.75) is 39.5 Å². The summed E-state index contributed by atoms with van der Waals surface area (Å²) in [5.74, 6) is 1.90. The fourth-order valence-electron chi connectivity index (χ4n) is 2.82. The van der Waals surface area contributed by atoms with Crippen molar-refractivity contribution in [1.29, 1.82) is 0 Å². The number of nitrogens with one attached hydrogen (secondary N) is 3. The van der Waals surface area contributed by atoms with E-state index in [1.54, 1.807) is 11.3 Å². The van der Waals surface area contributed by atoms with Gasteiger partial charge in [-0.15, -0.1) is 11.3 Å². The van der Waals surface area contributed by atoms with E-state index in [9.17, 15) is 0 Å². The normalized spacial score (nSPS) is 11.9. The van der Waals surface area contributed by atoms with E-state index >= 15 is 0 Å². The maximum absolute atomic E-state index is 4.67. The van der Waals surface area contributed by atoms with E-state index in [2.05, 4.69) is 50.5 Å². The van der Waals surface area contributed by atoms with E-state index in [1.165, 1.54) is 9.88 Å². The minimum atomic E-state index is 0.767. The third-order valence-corrected chi connectivity index (χ3v) is 5.41. The SMILES string of the molecule is CCNC(=NCCCc1nc2ccccc2[nH]1)NCCc1ncc(CC)s1. The number of nitrogens with zero attached hydrogens (tertiary/aromatic N) is 3. The van der Waals surface area contributed by atoms with Crippen molar-refractivity contribution in [3.05, 3.63) is 46.2 Å². The highest BCUT2D eigenvalue weighted by Gasteiger charge is 2.03. The number of imidazole rings is 1. The van der Waals surface area contributed by atoms with E-state index in [1.807, 2.05) is 24.4 Å². The second kappa shape index (κ2) is 10.1. The lowest BCUT2D eigenvalue weighted by Gasteiger charge is -2.10. The number of rotatable bonds is 9. The number of aryl methyl sites for hydroxylation is 2. The highest BCUT2D eigenvalue weighted by atomic mass is 32.1. The first-order valence-electron chi connectivity index (χ1n) is 9.68. The number of aromatic nitrogens is 3. The van der Waals surface area contributed by atoms with Gasteiger partial charge in [-0.25, -0.2) is 9.97 Å². The minimum absolute atomic E-state index is 0.767. The Balaban J connectivity index is 1.43. The maximum atomic E-state index is 4.67. The first-order valence-corrected chi connectivity index (χ1v) is 10.5. The Kier molecular flexibility index (Phi) is 7.21. The van der Waals surface area contributed by atoms with Gasteiger partial charge in [-0.1, -0.05) is 19.1 Å². The van der Waals surface area contributed by atoms with Crippen LogP contribution in [-0.4, -0.2) is 40.5 Å². The van der Waals surface area contributed by atoms with Crippen LogP contribution in [0.3, 0.4) is 0 Å². The predicted molar refractivity (Wildman–Crippen MR) is 114 cm³/mol. The Bertz CT molecular complexity index is 833. The van der Waals surface area contributed by atoms with Gasteiger partial charge >= 0.3 is 0 Å². The molecule has 7 heteroatoms. The van der Waals surface area contributed by atoms with E-state index in [4.69, 9.17) is 0 Å². The van der Waals surface area contributed by atoms with Crippen molar-refractivity contribution in [2.75, 3.05) is 19.6 Å². The highest BCUT2D eigenvalue weighted by Crippen LogP contribution is 2.13. The van der Waals surface area contributed by atoms with Crippen molar-refractivity contribution in [3.8, 4) is 0 Å². The molecule has 0 unspecified atom stereocenters. The molecule has 0 aliphatic carbocycles. The number of para-hydroxylation sites is 2. The molecule has 3 rings (SSSR count). The summed E-state index contributed by atoms with van der Waals surface area (Å²) >= 11 is 1.80. The minimum Gasteiger partial charge on any atom is -0.357 e. The molecular formula is C20H28N6S. The summed E-state index contributed by atoms with van der Waals surface area (Å²) < 4.78 is 0. The number of thiazole rings is 1. The predicted octanol–water partition coefficient (Wildman–Crippen LogP) is 3.31. The monoisotopic (exact) mass is 384 g/mol. The Hall–Kier alpha value is -2.41. The third-order valence-electron chi connectivity index (χ3n) is 4.21. The van der Waals surface area contributed by atoms with Crippen LogP contribution in [-0.2, 0) is 19.3 Å². The van der Waals surface area contributed by atoms with Gasteiger partial charge in [0.25, 0.3) is 0 Å². The molecular weight excluding hydrogens is 356 g/mol. The van der Waals surface area contributed by atoms with Crippen molar-refractivity contribution in [3.63, 3.8) is 0 Å². The van der Waals surface area contributed by atoms with Crippen molar-refractivity contribution in [2.24, 2.45) is 4.99 Å². The Morgan fingerprint density at radius 2 is 2.07 bits per heavy atom. The molecule has 3 aromatic rings. The smallest absolute Gasteiger partial charge is 0.191 e. The lowest BCUT2D eigenvalue weighted by atomic mass is 10.3. The van der Waals surface area contributed by atoms with Gasteiger partial charge in [0, 0.05) is 43.5 Å². The zero-order chi connectivity index (χ0) is 18.9. The number of H-pyrrole nitrogens is 1. The molecule has 144 valence electrons. The average Bonchev–Trinajstić information content (AvgIpc) is 3.31. The third kappa shape index (κ3) is 5.79. The van der Waals surface area contributed by atoms with Gasteiger partial charge < -0.3 is 15.6 Å². The van der Waals surface area contributed by atoms with Gasteiger partial charge in [0.05, 0.1) is 16.0 Å². The van der Waals surface area contributed by atoms with Gasteiger partial charge in [0.15, 0.2) is 5.96 Å². The zero-order valence-electron chi connectivity index (χ0n) is 16.1. The number of hydrogen-bond acceptors (Lipinski definition) is 4. The van der Waals surface area contributed by atoms with Crippen LogP contribution in [0.2, 0.25) is 0 Å². The number of hydrogen-bond donors (Lipinski definition) is 3. The van der Waals surface area contributed by atoms with Crippen LogP contribution in [0.15, 0.2) is 35.5 Å². The van der Waals surface area contributed by atoms with Gasteiger partial charge in [-0.2, -0.15) is 0 Å². The standard InChI is InChI=1S/C20H28N6S/c1-3-15-14-24-19(27-15)11-13-23-20(21-4-2)22-12-7-10-18-25-16-8-5-6-9-17(16)26-18/h5-6,8-9,14H,3-4,7,10-13H2,1-2H3,(H,25,26)(H2,21,22,23). The summed E-state index contributed by atoms with van der Waals surface area (Å²) in [4.78, 5) is 18.5. The molecule has 0 bridgehead atoms. The van der Waals surface area contributed by atoms with Gasteiger partial charge in [0.2, 0.25) is 0 Å². The summed E-state index contributed by atoms with van der Waals surface area (Å²) in [6.45, 7) is 6.71. The van der Waals surface area contributed by atoms with E-state index in [0.717, 1.165) is 68.1 Å². The molecule has 2 aromatic heterocycles. The lowest BCUT2D eigenvalue weighted by molar-refractivity contribution is 0.763. The summed E-state index contributed by atoms with van der Waals surface area (Å²) in [6, 6.07) is 8.13. The van der Waals surface area contributed by atoms with Gasteiger partial charge in [-0.05, 0) is 31.9 Å². The second-order valence-corrected chi connectivity index (χ2v) is 7.52. The van der Waals surface area contributed by atoms with Crippen LogP contribution in [0, 0.1) is 0 Å². The summed E-state index contributed by atoms with van der Waals surface area (Å²) in [5, 5.41) is 7.88. The summed E-state index contributed by atoms with van der Waals surface area (Å²) in [7, 11) is 0. The van der Waals surface area contributed by atoms with Crippen LogP contribution in [0.5, 0.6) is 0 Å². The molecule has 2 heterocycles. The van der Waals surface area contributed by atoms with E-state index in [0.29, 0.717) is 0 Å². The van der Waals surface area contributed by atoms with Crippen molar-refractivity contribution in [1.82, 2.24) is 25.6 Å². The zero-order valence-corrected chi connectivity index (χ0v) is 16.9. The fraction of sp³-hybridized carbons (Fsp3) is 0.450. The molecule has 0 radical (unpaired) electrons. The molecule has 0 fully saturated rings. The molecule has 27 heavy (non-hydrogen) atoms. The Labute approximate surface area is 164 Å². The molecule has 6 nitrogen and oxygen atoms in total. The van der Waals surface area contributed by atoms with Crippen LogP contribution in [0.4, 0.5) is 0 Å². The Morgan fingerprint density at radius 1 is 1.19 bits per heavy atom. The molecule has 0 saturated heterocycles. The van der Waals surface area contributed by atoms with Crippen molar-refractivity contribution < 1.29 is 0 Å². The average molecular weight is 385 g/mol. The molecule has 1 aromatic carbocycles. The van der Waals surface area contributed by atoms with Crippen LogP contribution in [0.25, 0.3) is 11.0 Å². The van der Waals surface area contributed by atoms with E-state index in [-0.39, 0.29) is 0 Å². The first kappa shape index (κ1) is 19.4. The Morgan fingerprint density at radius 3 is 2.85 bits per heavy atom. The van der Waals surface area contributed by atoms with Crippen molar-refractivity contribution >= 4 is 28.3 Å². The lowest BCUT2D eigenvalue weighted by Crippen LogP contribution is -2.38. The molecule has 0 atom stereocenters. The largest absolute Gasteiger partial charge is 0.357 e. The molecule has 0 aliphatic heterocycles. The molecule has 0 amide bonds. The van der Waals surface area contributed by atoms with Gasteiger partial charge in [0.1, 0.15) is 5.82 Å². The quantitative estimate of drug-likeness (QED) is 0.300. The summed E-state index contributed by atoms with van der Waals surface area (Å²) in [5.41, 5.74) is 2.12. The molecule has 3 N–H and O–H groups in total. The summed E-state index contributed by atoms with van der Waals surface area (Å²) in [6.07, 6.45) is 5.82. The highest BCUT2D eigenvalue weighted by molar-refractivity contribution is 7.11. The van der Waals surface area contributed by atoms with Crippen LogP contribution >= 0.6 is 11.3 Å². The fourth-order valence-corrected chi connectivity index (χ4v) is 3.68. The number of aliphatic imine (C=N–C) groups is 1. The number of guanidine groups is 1. The van der Waals surface area contributed by atoms with E-state index < -0.39 is 0 Å². The maximum Gasteiger partial charge on any atom is 0.191 e. The van der Waals surface area contributed by atoms with Crippen LogP contribution < -0.4 is 10.6 Å².